The van der Waals surface area contributed by atoms with Gasteiger partial charge in [-0.15, -0.1) is 0 Å². The molecule has 0 fully saturated rings. The van der Waals surface area contributed by atoms with E-state index in [0.29, 0.717) is 0 Å². The fraction of sp³-hybridized carbons (Fsp3) is 0.174. The van der Waals surface area contributed by atoms with Gasteiger partial charge < -0.3 is 9.88 Å². The van der Waals surface area contributed by atoms with Gasteiger partial charge in [0, 0.05) is 41.9 Å². The molecule has 0 aliphatic carbocycles. The van der Waals surface area contributed by atoms with Gasteiger partial charge in [-0.3, -0.25) is 9.59 Å². The lowest BCUT2D eigenvalue weighted by Gasteiger charge is -2.14. The Balaban J connectivity index is 1.92. The summed E-state index contributed by atoms with van der Waals surface area (Å²) in [6, 6.07) is 5.51. The molecule has 3 aromatic heterocycles. The van der Waals surface area contributed by atoms with Gasteiger partial charge in [0.15, 0.2) is 11.5 Å². The lowest BCUT2D eigenvalue weighted by atomic mass is 10.1. The minimum atomic E-state index is -4.78. The minimum absolute atomic E-state index is 0.0305. The number of carbonyl (C=O) groups excluding carboxylic acids is 1. The Morgan fingerprint density at radius 2 is 1.85 bits per heavy atom. The monoisotopic (exact) mass is 599 g/mol. The summed E-state index contributed by atoms with van der Waals surface area (Å²) < 4.78 is 80.6. The Hall–Kier alpha value is -4.31. The number of alkyl halides is 3. The van der Waals surface area contributed by atoms with Crippen LogP contribution < -0.4 is 15.6 Å². The third kappa shape index (κ3) is 6.12. The maximum Gasteiger partial charge on any atom is 0.435 e. The van der Waals surface area contributed by atoms with Crippen molar-refractivity contribution in [3.8, 4) is 16.9 Å². The van der Waals surface area contributed by atoms with Crippen molar-refractivity contribution in [1.82, 2.24) is 29.0 Å². The van der Waals surface area contributed by atoms with Crippen LogP contribution in [-0.2, 0) is 23.2 Å². The summed E-state index contributed by atoms with van der Waals surface area (Å²) in [6.45, 7) is 1.35. The first-order valence-electron chi connectivity index (χ1n) is 11.0. The molecule has 4 aromatic rings. The number of nitrogens with one attached hydrogen (secondary N) is 2. The molecule has 1 amide bonds. The summed E-state index contributed by atoms with van der Waals surface area (Å²) in [4.78, 5) is 33.6. The quantitative estimate of drug-likeness (QED) is 0.321. The summed E-state index contributed by atoms with van der Waals surface area (Å²) >= 11 is 5.81. The van der Waals surface area contributed by atoms with Gasteiger partial charge in [0.2, 0.25) is 16.0 Å². The van der Waals surface area contributed by atoms with Gasteiger partial charge in [-0.2, -0.15) is 23.3 Å². The zero-order valence-corrected chi connectivity index (χ0v) is 22.3. The van der Waals surface area contributed by atoms with E-state index in [-0.39, 0.29) is 39.3 Å². The Labute approximate surface area is 228 Å². The number of carbonyl (C=O) groups is 1. The molecule has 1 aromatic carbocycles. The smallest absolute Gasteiger partial charge is 0.324 e. The highest BCUT2D eigenvalue weighted by atomic mass is 35.5. The van der Waals surface area contributed by atoms with E-state index in [4.69, 9.17) is 11.6 Å². The Morgan fingerprint density at radius 1 is 1.15 bits per heavy atom. The van der Waals surface area contributed by atoms with Crippen molar-refractivity contribution in [3.63, 3.8) is 0 Å². The van der Waals surface area contributed by atoms with Gasteiger partial charge in [-0.1, -0.05) is 11.6 Å². The number of rotatable bonds is 6. The van der Waals surface area contributed by atoms with Gasteiger partial charge in [0.1, 0.15) is 11.4 Å². The van der Waals surface area contributed by atoms with Crippen LogP contribution >= 0.6 is 11.6 Å². The molecule has 0 aliphatic heterocycles. The number of pyridine rings is 1. The van der Waals surface area contributed by atoms with E-state index in [9.17, 15) is 35.6 Å². The van der Waals surface area contributed by atoms with E-state index in [1.165, 1.54) is 38.5 Å². The van der Waals surface area contributed by atoms with Crippen LogP contribution in [0.1, 0.15) is 21.7 Å². The number of sulfonamides is 1. The van der Waals surface area contributed by atoms with Crippen molar-refractivity contribution in [2.45, 2.75) is 13.1 Å². The number of amides is 1. The van der Waals surface area contributed by atoms with Crippen LogP contribution in [0.4, 0.5) is 29.2 Å². The van der Waals surface area contributed by atoms with Gasteiger partial charge in [0.25, 0.3) is 11.5 Å². The summed E-state index contributed by atoms with van der Waals surface area (Å²) in [5, 5.41) is 6.20. The van der Waals surface area contributed by atoms with E-state index in [1.807, 2.05) is 0 Å². The highest BCUT2D eigenvalue weighted by Crippen LogP contribution is 2.32. The number of halogens is 5. The van der Waals surface area contributed by atoms with E-state index >= 15 is 0 Å². The van der Waals surface area contributed by atoms with Gasteiger partial charge >= 0.3 is 6.18 Å². The Bertz CT molecular complexity index is 1820. The maximum atomic E-state index is 13.6. The summed E-state index contributed by atoms with van der Waals surface area (Å²) in [5.74, 6) is -2.22. The average Bonchev–Trinajstić information content (AvgIpc) is 3.24. The molecule has 4 rings (SSSR count). The van der Waals surface area contributed by atoms with Crippen LogP contribution in [0.5, 0.6) is 0 Å². The number of aromatic nitrogens is 5. The lowest BCUT2D eigenvalue weighted by molar-refractivity contribution is -0.141. The molecule has 40 heavy (non-hydrogen) atoms. The second kappa shape index (κ2) is 10.3. The number of anilines is 2. The summed E-state index contributed by atoms with van der Waals surface area (Å²) in [6.07, 6.45) is -1.59. The molecule has 2 N–H and O–H groups in total. The molecule has 0 saturated carbocycles. The predicted molar refractivity (Wildman–Crippen MR) is 137 cm³/mol. The maximum absolute atomic E-state index is 13.6. The molecule has 210 valence electrons. The van der Waals surface area contributed by atoms with Gasteiger partial charge in [-0.05, 0) is 37.3 Å². The lowest BCUT2D eigenvalue weighted by Crippen LogP contribution is -2.35. The van der Waals surface area contributed by atoms with E-state index < -0.39 is 44.7 Å². The SMILES string of the molecule is Cc1cc(C(F)(F)F)nn1-c1nc(Nc2ccc(F)c(Cl)c2)ncc1-c1cc(C(=O)NS(C)(=O)=O)c(=O)n(C)c1. The average molecular weight is 600 g/mol. The molecule has 11 nitrogen and oxygen atoms in total. The van der Waals surface area contributed by atoms with Crippen LogP contribution in [0.25, 0.3) is 16.9 Å². The predicted octanol–water partition coefficient (Wildman–Crippen LogP) is 3.58. The number of nitrogens with zero attached hydrogens (tertiary/aromatic N) is 5. The molecule has 3 heterocycles. The second-order valence-electron chi connectivity index (χ2n) is 8.53. The first-order chi connectivity index (χ1) is 18.5. The molecule has 0 spiro atoms. The fourth-order valence-electron chi connectivity index (χ4n) is 3.57. The first kappa shape index (κ1) is 28.7. The van der Waals surface area contributed by atoms with Crippen molar-refractivity contribution in [2.75, 3.05) is 11.6 Å². The van der Waals surface area contributed by atoms with E-state index in [2.05, 4.69) is 20.4 Å². The van der Waals surface area contributed by atoms with Crippen molar-refractivity contribution >= 4 is 39.2 Å². The Morgan fingerprint density at radius 3 is 2.45 bits per heavy atom. The molecule has 0 atom stereocenters. The minimum Gasteiger partial charge on any atom is -0.324 e. The first-order valence-corrected chi connectivity index (χ1v) is 13.3. The van der Waals surface area contributed by atoms with E-state index in [1.54, 1.807) is 4.72 Å². The molecule has 0 radical (unpaired) electrons. The van der Waals surface area contributed by atoms with Crippen molar-refractivity contribution in [3.05, 3.63) is 80.9 Å². The van der Waals surface area contributed by atoms with E-state index in [0.717, 1.165) is 33.7 Å². The van der Waals surface area contributed by atoms with Crippen molar-refractivity contribution in [1.29, 1.82) is 0 Å². The van der Waals surface area contributed by atoms with Crippen LogP contribution in [0.3, 0.4) is 0 Å². The van der Waals surface area contributed by atoms with Crippen molar-refractivity contribution in [2.24, 2.45) is 7.05 Å². The molecular weight excluding hydrogens is 582 g/mol. The molecule has 0 unspecified atom stereocenters. The zero-order valence-electron chi connectivity index (χ0n) is 20.7. The third-order valence-electron chi connectivity index (χ3n) is 5.34. The van der Waals surface area contributed by atoms with Crippen LogP contribution in [-0.4, -0.2) is 44.9 Å². The standard InChI is InChI=1S/C23H18ClF4N7O4S/c1-11-6-18(23(26,27)28)32-35(11)19-15(9-29-22(31-19)30-13-4-5-17(25)16(24)8-13)12-7-14(21(37)34(2)10-12)20(36)33-40(3,38)39/h4-10H,1-3H3,(H,33,36)(H,29,30,31). The summed E-state index contributed by atoms with van der Waals surface area (Å²) in [5.41, 5.74) is -2.20. The highest BCUT2D eigenvalue weighted by Gasteiger charge is 2.35. The fourth-order valence-corrected chi connectivity index (χ4v) is 4.20. The second-order valence-corrected chi connectivity index (χ2v) is 10.7. The molecule has 0 bridgehead atoms. The molecule has 0 saturated heterocycles. The number of hydrogen-bond donors (Lipinski definition) is 2. The molecular formula is C23H18ClF4N7O4S. The number of hydrogen-bond acceptors (Lipinski definition) is 8. The van der Waals surface area contributed by atoms with Gasteiger partial charge in [-0.25, -0.2) is 27.2 Å². The van der Waals surface area contributed by atoms with Crippen LogP contribution in [0.2, 0.25) is 5.02 Å². The van der Waals surface area contributed by atoms with Crippen LogP contribution in [0, 0.1) is 12.7 Å². The molecule has 17 heteroatoms. The molecule has 0 aliphatic rings. The van der Waals surface area contributed by atoms with Gasteiger partial charge in [0.05, 0.1) is 11.3 Å². The number of aryl methyl sites for hydroxylation is 2. The topological polar surface area (TPSA) is 141 Å². The third-order valence-corrected chi connectivity index (χ3v) is 6.19. The van der Waals surface area contributed by atoms with Crippen molar-refractivity contribution < 1.29 is 30.8 Å². The van der Waals surface area contributed by atoms with Crippen LogP contribution in [0.15, 0.2) is 47.5 Å². The summed E-state index contributed by atoms with van der Waals surface area (Å²) in [7, 11) is -2.73. The Kier molecular flexibility index (Phi) is 7.42. The zero-order chi connectivity index (χ0) is 29.6. The largest absolute Gasteiger partial charge is 0.435 e. The highest BCUT2D eigenvalue weighted by molar-refractivity contribution is 7.89. The normalized spacial score (nSPS) is 11.9. The number of benzene rings is 1.